The van der Waals surface area contributed by atoms with Crippen LogP contribution in [0.4, 0.5) is 0 Å². The Hall–Kier alpha value is -0.810. The molecule has 0 amide bonds. The van der Waals surface area contributed by atoms with Crippen molar-refractivity contribution in [3.63, 3.8) is 0 Å². The minimum Gasteiger partial charge on any atom is -0.494 e. The second-order valence-electron chi connectivity index (χ2n) is 4.08. The van der Waals surface area contributed by atoms with Gasteiger partial charge in [-0.1, -0.05) is 11.3 Å². The molecule has 1 aromatic heterocycles. The highest BCUT2D eigenvalue weighted by Gasteiger charge is 2.20. The zero-order valence-corrected chi connectivity index (χ0v) is 9.66. The molecule has 0 aromatic carbocycles. The van der Waals surface area contributed by atoms with E-state index in [9.17, 15) is 9.90 Å². The minimum atomic E-state index is -0.0619. The van der Waals surface area contributed by atoms with E-state index in [-0.39, 0.29) is 10.8 Å². The molecule has 1 aliphatic heterocycles. The van der Waals surface area contributed by atoms with Gasteiger partial charge in [0.15, 0.2) is 0 Å². The van der Waals surface area contributed by atoms with Crippen molar-refractivity contribution in [3.8, 4) is 5.88 Å². The molecule has 84 valence electrons. The second kappa shape index (κ2) is 4.37. The van der Waals surface area contributed by atoms with E-state index < -0.39 is 0 Å². The molecule has 5 heteroatoms. The SMILES string of the molecule is CN1CCCC1CCn1c(O)csc1=O. The van der Waals surface area contributed by atoms with Crippen LogP contribution in [0.5, 0.6) is 5.88 Å². The fraction of sp³-hybridized carbons (Fsp3) is 0.700. The fourth-order valence-electron chi connectivity index (χ4n) is 2.15. The third-order valence-electron chi connectivity index (χ3n) is 3.12. The molecular weight excluding hydrogens is 212 g/mol. The summed E-state index contributed by atoms with van der Waals surface area (Å²) >= 11 is 1.06. The third-order valence-corrected chi connectivity index (χ3v) is 3.87. The maximum absolute atomic E-state index is 11.3. The van der Waals surface area contributed by atoms with Crippen molar-refractivity contribution < 1.29 is 5.11 Å². The quantitative estimate of drug-likeness (QED) is 0.842. The standard InChI is InChI=1S/C10H16N2O2S/c1-11-5-2-3-8(11)4-6-12-9(13)7-15-10(12)14/h7-8,13H,2-6H2,1H3. The van der Waals surface area contributed by atoms with Crippen LogP contribution < -0.4 is 4.87 Å². The van der Waals surface area contributed by atoms with E-state index in [1.807, 2.05) is 0 Å². The van der Waals surface area contributed by atoms with Crippen LogP contribution in [0.1, 0.15) is 19.3 Å². The Morgan fingerprint density at radius 2 is 2.47 bits per heavy atom. The Kier molecular flexibility index (Phi) is 3.11. The van der Waals surface area contributed by atoms with Gasteiger partial charge in [-0.25, -0.2) is 0 Å². The van der Waals surface area contributed by atoms with Crippen LogP contribution in [0, 0.1) is 0 Å². The Morgan fingerprint density at radius 1 is 1.67 bits per heavy atom. The van der Waals surface area contributed by atoms with Crippen molar-refractivity contribution >= 4 is 11.3 Å². The van der Waals surface area contributed by atoms with Gasteiger partial charge in [0, 0.05) is 12.6 Å². The first-order valence-electron chi connectivity index (χ1n) is 5.26. The first-order valence-corrected chi connectivity index (χ1v) is 6.14. The molecule has 1 unspecified atom stereocenters. The van der Waals surface area contributed by atoms with E-state index in [4.69, 9.17) is 0 Å². The van der Waals surface area contributed by atoms with Gasteiger partial charge in [-0.05, 0) is 32.9 Å². The molecule has 15 heavy (non-hydrogen) atoms. The van der Waals surface area contributed by atoms with Gasteiger partial charge in [0.05, 0.1) is 5.38 Å². The van der Waals surface area contributed by atoms with Crippen molar-refractivity contribution in [2.75, 3.05) is 13.6 Å². The Balaban J connectivity index is 1.96. The lowest BCUT2D eigenvalue weighted by Gasteiger charge is -2.19. The minimum absolute atomic E-state index is 0.0619. The highest BCUT2D eigenvalue weighted by Crippen LogP contribution is 2.19. The number of hydrogen-bond acceptors (Lipinski definition) is 4. The molecule has 0 spiro atoms. The smallest absolute Gasteiger partial charge is 0.309 e. The van der Waals surface area contributed by atoms with Crippen LogP contribution in [0.15, 0.2) is 10.2 Å². The number of rotatable bonds is 3. The van der Waals surface area contributed by atoms with Gasteiger partial charge in [0.25, 0.3) is 0 Å². The molecule has 1 aromatic rings. The lowest BCUT2D eigenvalue weighted by atomic mass is 10.1. The predicted molar refractivity (Wildman–Crippen MR) is 60.5 cm³/mol. The molecule has 1 saturated heterocycles. The summed E-state index contributed by atoms with van der Waals surface area (Å²) in [5, 5.41) is 10.9. The summed E-state index contributed by atoms with van der Waals surface area (Å²) < 4.78 is 1.46. The van der Waals surface area contributed by atoms with Crippen LogP contribution in [0.3, 0.4) is 0 Å². The van der Waals surface area contributed by atoms with Crippen LogP contribution in [-0.4, -0.2) is 34.2 Å². The summed E-state index contributed by atoms with van der Waals surface area (Å²) in [5.74, 6) is 0.102. The number of aromatic nitrogens is 1. The molecule has 0 saturated carbocycles. The van der Waals surface area contributed by atoms with Gasteiger partial charge in [-0.3, -0.25) is 9.36 Å². The summed E-state index contributed by atoms with van der Waals surface area (Å²) in [6.07, 6.45) is 3.39. The molecule has 4 nitrogen and oxygen atoms in total. The Bertz CT molecular complexity index is 385. The van der Waals surface area contributed by atoms with Crippen LogP contribution in [-0.2, 0) is 6.54 Å². The second-order valence-corrected chi connectivity index (χ2v) is 4.90. The van der Waals surface area contributed by atoms with Gasteiger partial charge >= 0.3 is 4.87 Å². The van der Waals surface area contributed by atoms with Crippen LogP contribution >= 0.6 is 11.3 Å². The van der Waals surface area contributed by atoms with E-state index in [1.165, 1.54) is 22.8 Å². The summed E-state index contributed by atoms with van der Waals surface area (Å²) in [5.41, 5.74) is 0. The first kappa shape index (κ1) is 10.7. The molecule has 1 fully saturated rings. The number of nitrogens with zero attached hydrogens (tertiary/aromatic N) is 2. The summed E-state index contributed by atoms with van der Waals surface area (Å²) in [6.45, 7) is 1.78. The van der Waals surface area contributed by atoms with Crippen molar-refractivity contribution in [2.24, 2.45) is 0 Å². The largest absolute Gasteiger partial charge is 0.494 e. The highest BCUT2D eigenvalue weighted by atomic mass is 32.1. The molecular formula is C10H16N2O2S. The van der Waals surface area contributed by atoms with Gasteiger partial charge in [-0.2, -0.15) is 0 Å². The van der Waals surface area contributed by atoms with Gasteiger partial charge in [0.2, 0.25) is 5.88 Å². The molecule has 0 aliphatic carbocycles. The molecule has 1 atom stereocenters. The van der Waals surface area contributed by atoms with E-state index in [1.54, 1.807) is 0 Å². The summed E-state index contributed by atoms with van der Waals surface area (Å²) in [6, 6.07) is 0.566. The first-order chi connectivity index (χ1) is 7.18. The van der Waals surface area contributed by atoms with Crippen LogP contribution in [0.2, 0.25) is 0 Å². The maximum Gasteiger partial charge on any atom is 0.309 e. The average molecular weight is 228 g/mol. The molecule has 0 radical (unpaired) electrons. The normalized spacial score (nSPS) is 22.3. The number of thiazole rings is 1. The van der Waals surface area contributed by atoms with Gasteiger partial charge in [0.1, 0.15) is 0 Å². The topological polar surface area (TPSA) is 45.5 Å². The fourth-order valence-corrected chi connectivity index (χ4v) is 2.80. The van der Waals surface area contributed by atoms with E-state index in [0.29, 0.717) is 12.6 Å². The van der Waals surface area contributed by atoms with E-state index in [2.05, 4.69) is 11.9 Å². The summed E-state index contributed by atoms with van der Waals surface area (Å²) in [7, 11) is 2.12. The third kappa shape index (κ3) is 2.23. The lowest BCUT2D eigenvalue weighted by Crippen LogP contribution is -2.27. The lowest BCUT2D eigenvalue weighted by molar-refractivity contribution is 0.281. The average Bonchev–Trinajstić information content (AvgIpc) is 2.73. The number of likely N-dealkylation sites (tertiary alicyclic amines) is 1. The molecule has 2 rings (SSSR count). The Morgan fingerprint density at radius 3 is 3.00 bits per heavy atom. The van der Waals surface area contributed by atoms with Crippen molar-refractivity contribution in [2.45, 2.75) is 31.8 Å². The molecule has 0 bridgehead atoms. The maximum atomic E-state index is 11.3. The van der Waals surface area contributed by atoms with Crippen molar-refractivity contribution in [3.05, 3.63) is 15.0 Å². The Labute approximate surface area is 92.8 Å². The van der Waals surface area contributed by atoms with Crippen molar-refractivity contribution in [1.82, 2.24) is 9.47 Å². The monoisotopic (exact) mass is 228 g/mol. The molecule has 1 N–H and O–H groups in total. The highest BCUT2D eigenvalue weighted by molar-refractivity contribution is 7.07. The van der Waals surface area contributed by atoms with Crippen molar-refractivity contribution in [1.29, 1.82) is 0 Å². The zero-order chi connectivity index (χ0) is 10.8. The van der Waals surface area contributed by atoms with E-state index in [0.717, 1.165) is 24.3 Å². The van der Waals surface area contributed by atoms with Crippen LogP contribution in [0.25, 0.3) is 0 Å². The molecule has 2 heterocycles. The predicted octanol–water partition coefficient (Wildman–Crippen LogP) is 1.10. The molecule has 1 aliphatic rings. The van der Waals surface area contributed by atoms with Gasteiger partial charge in [-0.15, -0.1) is 0 Å². The van der Waals surface area contributed by atoms with Gasteiger partial charge < -0.3 is 10.0 Å². The zero-order valence-electron chi connectivity index (χ0n) is 8.85. The van der Waals surface area contributed by atoms with E-state index >= 15 is 0 Å². The summed E-state index contributed by atoms with van der Waals surface area (Å²) in [4.78, 5) is 13.6. The number of hydrogen-bond donors (Lipinski definition) is 1. The number of aromatic hydroxyl groups is 1.